The highest BCUT2D eigenvalue weighted by Gasteiger charge is 2.30. The topological polar surface area (TPSA) is 281 Å². The van der Waals surface area contributed by atoms with Gasteiger partial charge in [-0.15, -0.1) is 0 Å². The molecular weight excluding hydrogens is 935 g/mol. The SMILES string of the molecule is Cc1cccc(-c2[nH]c(CN(CC3CCCCC3)C(=O)OCc3ccc(NC(=O)C(CCCNC(N)=O)NC(=O)C(NC(=O)CCCCCN4C(=O)C=CC4=O)C(C)C)cc3)nc2-c2ccc3ncnn3c2)n1. The summed E-state index contributed by atoms with van der Waals surface area (Å²) in [6.07, 6.45) is 12.9. The Balaban J connectivity index is 0.969. The number of urea groups is 1. The smallest absolute Gasteiger partial charge is 0.410 e. The Hall–Kier alpha value is -7.97. The van der Waals surface area contributed by atoms with E-state index in [0.29, 0.717) is 78.0 Å². The minimum Gasteiger partial charge on any atom is -0.445 e. The van der Waals surface area contributed by atoms with Gasteiger partial charge >= 0.3 is 12.1 Å². The molecule has 1 aliphatic carbocycles. The number of aryl methyl sites for hydroxylation is 1. The maximum absolute atomic E-state index is 14.1. The van der Waals surface area contributed by atoms with E-state index in [2.05, 4.69) is 36.3 Å². The van der Waals surface area contributed by atoms with E-state index in [0.717, 1.165) is 41.8 Å². The van der Waals surface area contributed by atoms with Crippen molar-refractivity contribution in [2.24, 2.45) is 17.6 Å². The number of aromatic amines is 1. The fraction of sp³-hybridized carbons (Fsp3) is 0.442. The van der Waals surface area contributed by atoms with Crippen molar-refractivity contribution in [1.29, 1.82) is 0 Å². The molecule has 0 radical (unpaired) electrons. The zero-order chi connectivity index (χ0) is 51.9. The second-order valence-electron chi connectivity index (χ2n) is 18.9. The molecule has 1 aromatic carbocycles. The molecule has 73 heavy (non-hydrogen) atoms. The van der Waals surface area contributed by atoms with E-state index >= 15 is 0 Å². The van der Waals surface area contributed by atoms with Crippen LogP contribution in [0.5, 0.6) is 0 Å². The Morgan fingerprint density at radius 3 is 2.38 bits per heavy atom. The van der Waals surface area contributed by atoms with Crippen molar-refractivity contribution in [1.82, 2.24) is 55.3 Å². The first kappa shape index (κ1) is 52.8. The molecule has 0 saturated heterocycles. The third-order valence-corrected chi connectivity index (χ3v) is 12.9. The lowest BCUT2D eigenvalue weighted by Gasteiger charge is -2.28. The third kappa shape index (κ3) is 15.0. The zero-order valence-electron chi connectivity index (χ0n) is 41.6. The van der Waals surface area contributed by atoms with E-state index < -0.39 is 36.0 Å². The van der Waals surface area contributed by atoms with Gasteiger partial charge in [-0.05, 0) is 99.2 Å². The first-order valence-electron chi connectivity index (χ1n) is 25.0. The number of unbranched alkanes of at least 4 members (excludes halogenated alkanes) is 2. The van der Waals surface area contributed by atoms with Crippen molar-refractivity contribution in [3.05, 3.63) is 96.4 Å². The van der Waals surface area contributed by atoms with Crippen molar-refractivity contribution in [2.75, 3.05) is 25.0 Å². The van der Waals surface area contributed by atoms with Gasteiger partial charge in [-0.2, -0.15) is 5.10 Å². The standard InChI is InChI=1S/C52H65N13O8/c1-33(2)46(62-43(66)17-8-5-9-27-64-44(67)24-25-45(64)68)50(70)59-40(16-11-26-54-51(53)71)49(69)58-38-21-18-36(19-22-38)31-73-52(72)63(28-35-13-6-4-7-14-35)30-41-60-47(37-20-23-42-55-32-56-65(42)29-37)48(61-41)39-15-10-12-34(3)57-39/h10,12,15,18-25,29,32-33,35,40,46H,4-9,11,13-14,16-17,26-28,30-31H2,1-3H3,(H,58,69)(H,59,70)(H,60,61)(H,62,66)(H3,53,54,71). The first-order valence-corrected chi connectivity index (χ1v) is 25.0. The molecule has 0 spiro atoms. The van der Waals surface area contributed by atoms with E-state index in [9.17, 15) is 33.6 Å². The van der Waals surface area contributed by atoms with Gasteiger partial charge in [-0.25, -0.2) is 24.1 Å². The van der Waals surface area contributed by atoms with Gasteiger partial charge in [0.2, 0.25) is 17.7 Å². The number of hydrogen-bond donors (Lipinski definition) is 6. The number of nitrogens with zero attached hydrogens (tertiary/aromatic N) is 7. The molecule has 8 amide bonds. The summed E-state index contributed by atoms with van der Waals surface area (Å²) in [5.74, 6) is -1.59. The number of nitrogens with two attached hydrogens (primary N) is 1. The molecule has 7 N–H and O–H groups in total. The van der Waals surface area contributed by atoms with Crippen LogP contribution in [0.15, 0.2) is 79.3 Å². The second-order valence-corrected chi connectivity index (χ2v) is 18.9. The molecule has 7 rings (SSSR count). The van der Waals surface area contributed by atoms with Crippen LogP contribution in [0.1, 0.15) is 102 Å². The number of imide groups is 1. The number of ether oxygens (including phenoxy) is 1. The summed E-state index contributed by atoms with van der Waals surface area (Å²) >= 11 is 0. The van der Waals surface area contributed by atoms with Crippen LogP contribution in [0.2, 0.25) is 0 Å². The number of imidazole rings is 1. The van der Waals surface area contributed by atoms with E-state index in [4.69, 9.17) is 20.4 Å². The van der Waals surface area contributed by atoms with E-state index in [1.54, 1.807) is 47.5 Å². The van der Waals surface area contributed by atoms with Crippen LogP contribution in [0.3, 0.4) is 0 Å². The largest absolute Gasteiger partial charge is 0.445 e. The number of H-pyrrole nitrogens is 1. The highest BCUT2D eigenvalue weighted by Crippen LogP contribution is 2.31. The number of carbonyl (C=O) groups is 7. The molecule has 1 saturated carbocycles. The summed E-state index contributed by atoms with van der Waals surface area (Å²) in [6.45, 7) is 6.53. The van der Waals surface area contributed by atoms with E-state index in [1.807, 2.05) is 43.5 Å². The second kappa shape index (κ2) is 25.4. The summed E-state index contributed by atoms with van der Waals surface area (Å²) in [5, 5.41) is 15.2. The monoisotopic (exact) mass is 1000 g/mol. The Kier molecular flexibility index (Phi) is 18.4. The summed E-state index contributed by atoms with van der Waals surface area (Å²) in [5.41, 5.74) is 10.8. The lowest BCUT2D eigenvalue weighted by Crippen LogP contribution is -2.54. The van der Waals surface area contributed by atoms with E-state index in [-0.39, 0.29) is 62.7 Å². The first-order chi connectivity index (χ1) is 35.2. The average Bonchev–Trinajstić information content (AvgIpc) is 4.11. The van der Waals surface area contributed by atoms with Gasteiger partial charge in [-0.1, -0.05) is 57.7 Å². The summed E-state index contributed by atoms with van der Waals surface area (Å²) < 4.78 is 7.64. The van der Waals surface area contributed by atoms with Gasteiger partial charge in [0.25, 0.3) is 11.8 Å². The number of benzene rings is 1. The lowest BCUT2D eigenvalue weighted by atomic mass is 9.89. The third-order valence-electron chi connectivity index (χ3n) is 12.9. The molecule has 4 aromatic heterocycles. The number of fused-ring (bicyclic) bond motifs is 1. The molecule has 5 heterocycles. The van der Waals surface area contributed by atoms with Crippen molar-refractivity contribution in [2.45, 2.75) is 117 Å². The molecule has 2 aliphatic rings. The zero-order valence-corrected chi connectivity index (χ0v) is 41.6. The minimum absolute atomic E-state index is 0.0415. The summed E-state index contributed by atoms with van der Waals surface area (Å²) in [4.78, 5) is 110. The summed E-state index contributed by atoms with van der Waals surface area (Å²) in [7, 11) is 0. The van der Waals surface area contributed by atoms with Gasteiger partial charge in [-0.3, -0.25) is 33.9 Å². The Labute approximate surface area is 423 Å². The highest BCUT2D eigenvalue weighted by molar-refractivity contribution is 6.12. The molecule has 5 aromatic rings. The number of primary amides is 1. The van der Waals surface area contributed by atoms with Crippen LogP contribution < -0.4 is 27.0 Å². The van der Waals surface area contributed by atoms with E-state index in [1.165, 1.54) is 24.9 Å². The molecule has 1 aliphatic heterocycles. The molecule has 2 atom stereocenters. The molecule has 21 nitrogen and oxygen atoms in total. The molecule has 21 heteroatoms. The molecule has 0 bridgehead atoms. The normalized spacial score (nSPS) is 14.5. The van der Waals surface area contributed by atoms with Crippen LogP contribution in [0.25, 0.3) is 28.3 Å². The number of amides is 8. The average molecular weight is 1000 g/mol. The number of nitrogens with one attached hydrogen (secondary N) is 5. The fourth-order valence-corrected chi connectivity index (χ4v) is 8.96. The van der Waals surface area contributed by atoms with Gasteiger partial charge in [0.15, 0.2) is 5.65 Å². The summed E-state index contributed by atoms with van der Waals surface area (Å²) in [6, 6.07) is 13.7. The minimum atomic E-state index is -1.05. The number of aromatic nitrogens is 6. The van der Waals surface area contributed by atoms with Crippen LogP contribution in [0.4, 0.5) is 15.3 Å². The Morgan fingerprint density at radius 1 is 0.890 bits per heavy atom. The van der Waals surface area contributed by atoms with Gasteiger partial charge in [0, 0.05) is 61.3 Å². The van der Waals surface area contributed by atoms with Crippen molar-refractivity contribution in [3.8, 4) is 22.6 Å². The molecular formula is C52H65N13O8. The predicted molar refractivity (Wildman–Crippen MR) is 271 cm³/mol. The number of rotatable bonds is 24. The maximum Gasteiger partial charge on any atom is 0.410 e. The fourth-order valence-electron chi connectivity index (χ4n) is 8.96. The number of anilines is 1. The Morgan fingerprint density at radius 2 is 1.66 bits per heavy atom. The Bertz CT molecular complexity index is 2760. The van der Waals surface area contributed by atoms with Gasteiger partial charge in [0.1, 0.15) is 30.8 Å². The maximum atomic E-state index is 14.1. The molecule has 386 valence electrons. The van der Waals surface area contributed by atoms with Gasteiger partial charge in [0.05, 0.1) is 23.6 Å². The van der Waals surface area contributed by atoms with Crippen LogP contribution in [0, 0.1) is 18.8 Å². The van der Waals surface area contributed by atoms with Crippen LogP contribution in [-0.2, 0) is 41.9 Å². The van der Waals surface area contributed by atoms with Gasteiger partial charge < -0.3 is 41.6 Å². The number of carbonyl (C=O) groups excluding carboxylic acids is 7. The van der Waals surface area contributed by atoms with Crippen molar-refractivity contribution in [3.63, 3.8) is 0 Å². The quantitative estimate of drug-likeness (QED) is 0.0321. The predicted octanol–water partition coefficient (Wildman–Crippen LogP) is 5.71. The van der Waals surface area contributed by atoms with Crippen molar-refractivity contribution >= 4 is 53.0 Å². The molecule has 1 fully saturated rings. The number of hydrogen-bond acceptors (Lipinski definition) is 12. The van der Waals surface area contributed by atoms with Crippen LogP contribution >= 0.6 is 0 Å². The van der Waals surface area contributed by atoms with Crippen LogP contribution in [-0.4, -0.2) is 113 Å². The van der Waals surface area contributed by atoms with Crippen molar-refractivity contribution < 1.29 is 38.3 Å². The molecule has 2 unspecified atom stereocenters. The number of pyridine rings is 2. The highest BCUT2D eigenvalue weighted by atomic mass is 16.6. The lowest BCUT2D eigenvalue weighted by molar-refractivity contribution is -0.137.